The maximum absolute atomic E-state index is 2.56. The maximum atomic E-state index is 2.56. The van der Waals surface area contributed by atoms with E-state index in [0.29, 0.717) is 0 Å². The molecule has 0 radical (unpaired) electrons. The highest BCUT2D eigenvalue weighted by Gasteiger charge is 2.37. The van der Waals surface area contributed by atoms with Gasteiger partial charge < -0.3 is 0 Å². The summed E-state index contributed by atoms with van der Waals surface area (Å²) in [6.45, 7) is 9.91. The normalized spacial score (nSPS) is 31.5. The summed E-state index contributed by atoms with van der Waals surface area (Å²) in [5.41, 5.74) is 1.12. The van der Waals surface area contributed by atoms with Crippen LogP contribution in [0, 0.1) is 5.92 Å². The van der Waals surface area contributed by atoms with Crippen LogP contribution in [0.5, 0.6) is 0 Å². The van der Waals surface area contributed by atoms with E-state index in [1.807, 2.05) is 0 Å². The molecule has 1 fully saturated rings. The van der Waals surface area contributed by atoms with Gasteiger partial charge in [0.1, 0.15) is 0 Å². The first-order valence-electron chi connectivity index (χ1n) is 4.54. The van der Waals surface area contributed by atoms with Gasteiger partial charge in [0.2, 0.25) is 0 Å². The summed E-state index contributed by atoms with van der Waals surface area (Å²) < 4.78 is 0. The Hall–Kier alpha value is 0.217. The molecule has 1 heterocycles. The monoisotopic (exact) mass is 156 g/mol. The van der Waals surface area contributed by atoms with E-state index in [9.17, 15) is 0 Å². The molecule has 10 heavy (non-hydrogen) atoms. The second-order valence-electron chi connectivity index (χ2n) is 4.73. The van der Waals surface area contributed by atoms with Crippen LogP contribution in [-0.2, 0) is 0 Å². The van der Waals surface area contributed by atoms with Crippen molar-refractivity contribution in [3.63, 3.8) is 0 Å². The second kappa shape index (κ2) is 2.69. The van der Waals surface area contributed by atoms with E-state index in [1.165, 1.54) is 12.8 Å². The van der Waals surface area contributed by atoms with E-state index in [4.69, 9.17) is 0 Å². The molecule has 0 aliphatic carbocycles. The molecule has 0 aromatic heterocycles. The van der Waals surface area contributed by atoms with Crippen LogP contribution < -0.4 is 0 Å². The molecule has 0 spiro atoms. The molecule has 1 heteroatoms. The number of hydrogen-bond donors (Lipinski definition) is 0. The highest BCUT2D eigenvalue weighted by molar-refractivity contribution is 6.79. The topological polar surface area (TPSA) is 0 Å². The Bertz CT molecular complexity index is 116. The number of rotatable bonds is 1. The van der Waals surface area contributed by atoms with Crippen molar-refractivity contribution in [2.75, 3.05) is 0 Å². The van der Waals surface area contributed by atoms with E-state index >= 15 is 0 Å². The van der Waals surface area contributed by atoms with Crippen molar-refractivity contribution in [1.82, 2.24) is 0 Å². The SMILES string of the molecule is CC(C)C1CCC[Si]1(C)C. The summed E-state index contributed by atoms with van der Waals surface area (Å²) >= 11 is 0. The molecule has 60 valence electrons. The predicted molar refractivity (Wildman–Crippen MR) is 50.1 cm³/mol. The molecule has 0 amide bonds. The molecular formula is C9H20Si. The lowest BCUT2D eigenvalue weighted by Crippen LogP contribution is -2.29. The second-order valence-corrected chi connectivity index (χ2v) is 9.95. The van der Waals surface area contributed by atoms with Crippen LogP contribution in [0.25, 0.3) is 0 Å². The third kappa shape index (κ3) is 1.44. The van der Waals surface area contributed by atoms with E-state index in [0.717, 1.165) is 11.5 Å². The van der Waals surface area contributed by atoms with Crippen molar-refractivity contribution in [2.24, 2.45) is 5.92 Å². The molecular weight excluding hydrogens is 136 g/mol. The first-order chi connectivity index (χ1) is 4.54. The van der Waals surface area contributed by atoms with E-state index in [2.05, 4.69) is 26.9 Å². The first kappa shape index (κ1) is 8.31. The van der Waals surface area contributed by atoms with Crippen molar-refractivity contribution in [2.45, 2.75) is 51.4 Å². The molecule has 0 aromatic rings. The van der Waals surface area contributed by atoms with Gasteiger partial charge in [-0.15, -0.1) is 0 Å². The van der Waals surface area contributed by atoms with Crippen LogP contribution in [-0.4, -0.2) is 8.07 Å². The van der Waals surface area contributed by atoms with Gasteiger partial charge in [-0.2, -0.15) is 0 Å². The maximum Gasteiger partial charge on any atom is 0.0507 e. The zero-order valence-corrected chi connectivity index (χ0v) is 8.78. The van der Waals surface area contributed by atoms with Gasteiger partial charge in [-0.3, -0.25) is 0 Å². The zero-order valence-electron chi connectivity index (χ0n) is 7.78. The minimum Gasteiger partial charge on any atom is -0.0691 e. The Labute approximate surface area is 66.0 Å². The Morgan fingerprint density at radius 3 is 2.10 bits per heavy atom. The van der Waals surface area contributed by atoms with Crippen molar-refractivity contribution in [3.8, 4) is 0 Å². The van der Waals surface area contributed by atoms with Gasteiger partial charge >= 0.3 is 0 Å². The van der Waals surface area contributed by atoms with Gasteiger partial charge in [-0.05, 0) is 11.5 Å². The lowest BCUT2D eigenvalue weighted by atomic mass is 10.1. The molecule has 0 bridgehead atoms. The Morgan fingerprint density at radius 2 is 1.90 bits per heavy atom. The molecule has 1 aliphatic rings. The van der Waals surface area contributed by atoms with E-state index < -0.39 is 8.07 Å². The van der Waals surface area contributed by atoms with Crippen molar-refractivity contribution < 1.29 is 0 Å². The summed E-state index contributed by atoms with van der Waals surface area (Å²) in [5.74, 6) is 0.948. The molecule has 1 aliphatic heterocycles. The van der Waals surface area contributed by atoms with Gasteiger partial charge in [-0.1, -0.05) is 45.8 Å². The fraction of sp³-hybridized carbons (Fsp3) is 1.00. The van der Waals surface area contributed by atoms with E-state index in [1.54, 1.807) is 6.04 Å². The molecule has 1 saturated heterocycles. The van der Waals surface area contributed by atoms with Gasteiger partial charge in [0.25, 0.3) is 0 Å². The zero-order chi connectivity index (χ0) is 7.78. The summed E-state index contributed by atoms with van der Waals surface area (Å²) in [6.07, 6.45) is 3.04. The summed E-state index contributed by atoms with van der Waals surface area (Å²) in [5, 5.41) is 0. The van der Waals surface area contributed by atoms with Crippen LogP contribution >= 0.6 is 0 Å². The fourth-order valence-corrected chi connectivity index (χ4v) is 6.87. The van der Waals surface area contributed by atoms with Gasteiger partial charge in [-0.25, -0.2) is 0 Å². The van der Waals surface area contributed by atoms with Crippen LogP contribution in [0.15, 0.2) is 0 Å². The van der Waals surface area contributed by atoms with Gasteiger partial charge in [0, 0.05) is 0 Å². The smallest absolute Gasteiger partial charge is 0.0507 e. The Morgan fingerprint density at radius 1 is 1.30 bits per heavy atom. The standard InChI is InChI=1S/C9H20Si/c1-8(2)9-6-5-7-10(9,3)4/h8-9H,5-7H2,1-4H3. The predicted octanol–water partition coefficient (Wildman–Crippen LogP) is 3.51. The lowest BCUT2D eigenvalue weighted by Gasteiger charge is -2.28. The van der Waals surface area contributed by atoms with Gasteiger partial charge in [0.15, 0.2) is 0 Å². The average Bonchev–Trinajstić information content (AvgIpc) is 2.08. The molecule has 1 unspecified atom stereocenters. The Kier molecular flexibility index (Phi) is 2.23. The van der Waals surface area contributed by atoms with Crippen molar-refractivity contribution >= 4 is 8.07 Å². The van der Waals surface area contributed by atoms with Crippen molar-refractivity contribution in [1.29, 1.82) is 0 Å². The molecule has 0 N–H and O–H groups in total. The van der Waals surface area contributed by atoms with Crippen LogP contribution in [0.2, 0.25) is 24.7 Å². The van der Waals surface area contributed by atoms with Crippen LogP contribution in [0.3, 0.4) is 0 Å². The van der Waals surface area contributed by atoms with Crippen LogP contribution in [0.4, 0.5) is 0 Å². The summed E-state index contributed by atoms with van der Waals surface area (Å²) in [6, 6.07) is 1.58. The number of hydrogen-bond acceptors (Lipinski definition) is 0. The molecule has 1 atom stereocenters. The summed E-state index contributed by atoms with van der Waals surface area (Å²) in [4.78, 5) is 0. The van der Waals surface area contributed by atoms with E-state index in [-0.39, 0.29) is 0 Å². The third-order valence-corrected chi connectivity index (χ3v) is 7.75. The molecule has 1 rings (SSSR count). The highest BCUT2D eigenvalue weighted by Crippen LogP contribution is 2.43. The first-order valence-corrected chi connectivity index (χ1v) is 7.82. The quantitative estimate of drug-likeness (QED) is 0.510. The molecule has 0 aromatic carbocycles. The lowest BCUT2D eigenvalue weighted by molar-refractivity contribution is 0.561. The van der Waals surface area contributed by atoms with Crippen molar-refractivity contribution in [3.05, 3.63) is 0 Å². The van der Waals surface area contributed by atoms with Crippen LogP contribution in [0.1, 0.15) is 26.7 Å². The third-order valence-electron chi connectivity index (χ3n) is 3.14. The molecule has 0 nitrogen and oxygen atoms in total. The van der Waals surface area contributed by atoms with Gasteiger partial charge in [0.05, 0.1) is 8.07 Å². The Balaban J connectivity index is 2.59. The molecule has 0 saturated carbocycles. The fourth-order valence-electron chi connectivity index (χ4n) is 2.59. The average molecular weight is 156 g/mol. The highest BCUT2D eigenvalue weighted by atomic mass is 28.3. The minimum atomic E-state index is -0.733. The minimum absolute atomic E-state index is 0.733. The largest absolute Gasteiger partial charge is 0.0691 e. The summed E-state index contributed by atoms with van der Waals surface area (Å²) in [7, 11) is -0.733.